The van der Waals surface area contributed by atoms with Crippen molar-refractivity contribution in [1.82, 2.24) is 14.7 Å². The highest BCUT2D eigenvalue weighted by molar-refractivity contribution is 5.33. The molecule has 3 aromatic rings. The first-order chi connectivity index (χ1) is 11.9. The van der Waals surface area contributed by atoms with E-state index in [1.54, 1.807) is 6.20 Å². The van der Waals surface area contributed by atoms with Gasteiger partial charge in [-0.2, -0.15) is 5.10 Å². The summed E-state index contributed by atoms with van der Waals surface area (Å²) in [7, 11) is 0. The number of benzene rings is 2. The number of aromatic nitrogens is 2. The minimum Gasteiger partial charge on any atom is -0.371 e. The van der Waals surface area contributed by atoms with Crippen molar-refractivity contribution >= 4 is 0 Å². The minimum atomic E-state index is 0.170. The highest BCUT2D eigenvalue weighted by Crippen LogP contribution is 2.23. The summed E-state index contributed by atoms with van der Waals surface area (Å²) in [5.74, 6) is 0. The summed E-state index contributed by atoms with van der Waals surface area (Å²) in [5.41, 5.74) is 3.67. The molecule has 2 aromatic carbocycles. The number of hydrogen-bond acceptors (Lipinski definition) is 3. The van der Waals surface area contributed by atoms with E-state index in [4.69, 9.17) is 4.74 Å². The number of morpholine rings is 1. The summed E-state index contributed by atoms with van der Waals surface area (Å²) in [6.07, 6.45) is 3.93. The molecule has 1 unspecified atom stereocenters. The van der Waals surface area contributed by atoms with Gasteiger partial charge in [0.2, 0.25) is 0 Å². The van der Waals surface area contributed by atoms with Crippen LogP contribution in [0.25, 0.3) is 5.69 Å². The molecular weight excluding hydrogens is 298 g/mol. The van der Waals surface area contributed by atoms with E-state index in [-0.39, 0.29) is 6.10 Å². The van der Waals surface area contributed by atoms with Crippen LogP contribution in [0.4, 0.5) is 0 Å². The van der Waals surface area contributed by atoms with Crippen LogP contribution in [0.5, 0.6) is 0 Å². The van der Waals surface area contributed by atoms with Gasteiger partial charge >= 0.3 is 0 Å². The third-order valence-electron chi connectivity index (χ3n) is 4.43. The van der Waals surface area contributed by atoms with Gasteiger partial charge in [0, 0.05) is 32.0 Å². The Kier molecular flexibility index (Phi) is 4.40. The van der Waals surface area contributed by atoms with Crippen molar-refractivity contribution in [3.05, 3.63) is 84.2 Å². The topological polar surface area (TPSA) is 30.3 Å². The van der Waals surface area contributed by atoms with Crippen molar-refractivity contribution in [3.63, 3.8) is 0 Å². The van der Waals surface area contributed by atoms with E-state index >= 15 is 0 Å². The Balaban J connectivity index is 1.41. The van der Waals surface area contributed by atoms with E-state index < -0.39 is 0 Å². The van der Waals surface area contributed by atoms with E-state index in [1.807, 2.05) is 23.0 Å². The molecule has 1 saturated heterocycles. The molecule has 2 heterocycles. The van der Waals surface area contributed by atoms with Crippen LogP contribution in [0.3, 0.4) is 0 Å². The second-order valence-corrected chi connectivity index (χ2v) is 6.12. The van der Waals surface area contributed by atoms with E-state index in [1.165, 1.54) is 11.1 Å². The lowest BCUT2D eigenvalue weighted by Crippen LogP contribution is -2.37. The second-order valence-electron chi connectivity index (χ2n) is 6.12. The summed E-state index contributed by atoms with van der Waals surface area (Å²) >= 11 is 0. The molecule has 1 aliphatic rings. The van der Waals surface area contributed by atoms with Crippen LogP contribution < -0.4 is 0 Å². The van der Waals surface area contributed by atoms with Gasteiger partial charge in [-0.15, -0.1) is 0 Å². The molecule has 0 bridgehead atoms. The van der Waals surface area contributed by atoms with Crippen molar-refractivity contribution in [2.45, 2.75) is 12.6 Å². The minimum absolute atomic E-state index is 0.170. The number of hydrogen-bond donors (Lipinski definition) is 0. The molecule has 1 aliphatic heterocycles. The van der Waals surface area contributed by atoms with Crippen LogP contribution in [0.1, 0.15) is 17.2 Å². The fourth-order valence-electron chi connectivity index (χ4n) is 3.15. The van der Waals surface area contributed by atoms with Gasteiger partial charge in [-0.25, -0.2) is 4.68 Å². The Morgan fingerprint density at radius 2 is 1.83 bits per heavy atom. The summed E-state index contributed by atoms with van der Waals surface area (Å²) in [5, 5.41) is 4.27. The summed E-state index contributed by atoms with van der Waals surface area (Å²) in [6.45, 7) is 3.65. The van der Waals surface area contributed by atoms with Gasteiger partial charge in [0.15, 0.2) is 0 Å². The molecule has 4 nitrogen and oxygen atoms in total. The third-order valence-corrected chi connectivity index (χ3v) is 4.43. The van der Waals surface area contributed by atoms with E-state index in [2.05, 4.69) is 58.5 Å². The van der Waals surface area contributed by atoms with E-state index in [9.17, 15) is 0 Å². The van der Waals surface area contributed by atoms with Gasteiger partial charge in [0.05, 0.1) is 18.4 Å². The highest BCUT2D eigenvalue weighted by Gasteiger charge is 2.21. The smallest absolute Gasteiger partial charge is 0.0952 e. The lowest BCUT2D eigenvalue weighted by Gasteiger charge is -2.33. The maximum atomic E-state index is 5.95. The van der Waals surface area contributed by atoms with Gasteiger partial charge < -0.3 is 4.74 Å². The highest BCUT2D eigenvalue weighted by atomic mass is 16.5. The fourth-order valence-corrected chi connectivity index (χ4v) is 3.15. The Morgan fingerprint density at radius 1 is 1.00 bits per heavy atom. The number of rotatable bonds is 4. The van der Waals surface area contributed by atoms with Crippen LogP contribution in [-0.4, -0.2) is 34.4 Å². The summed E-state index contributed by atoms with van der Waals surface area (Å²) in [4.78, 5) is 2.46. The Morgan fingerprint density at radius 3 is 2.58 bits per heavy atom. The summed E-state index contributed by atoms with van der Waals surface area (Å²) < 4.78 is 7.83. The molecule has 0 saturated carbocycles. The van der Waals surface area contributed by atoms with Gasteiger partial charge in [0.1, 0.15) is 0 Å². The fraction of sp³-hybridized carbons (Fsp3) is 0.250. The molecule has 1 fully saturated rings. The normalized spacial score (nSPS) is 18.6. The van der Waals surface area contributed by atoms with Gasteiger partial charge in [-0.05, 0) is 29.3 Å². The maximum absolute atomic E-state index is 5.95. The van der Waals surface area contributed by atoms with Crippen LogP contribution in [0, 0.1) is 0 Å². The maximum Gasteiger partial charge on any atom is 0.0952 e. The predicted molar refractivity (Wildman–Crippen MR) is 94.0 cm³/mol. The largest absolute Gasteiger partial charge is 0.371 e. The predicted octanol–water partition coefficient (Wildman–Crippen LogP) is 3.45. The zero-order valence-corrected chi connectivity index (χ0v) is 13.6. The average molecular weight is 319 g/mol. The quantitative estimate of drug-likeness (QED) is 0.738. The molecule has 0 amide bonds. The lowest BCUT2D eigenvalue weighted by molar-refractivity contribution is -0.0329. The molecule has 0 N–H and O–H groups in total. The first kappa shape index (κ1) is 15.1. The molecule has 122 valence electrons. The van der Waals surface area contributed by atoms with Crippen LogP contribution in [-0.2, 0) is 11.3 Å². The Labute approximate surface area is 142 Å². The SMILES string of the molecule is c1ccc(C2CN(Cc3ccc(-n4cccn4)cc3)CCO2)cc1. The standard InChI is InChI=1S/C20H21N3O/c1-2-5-18(6-3-1)20-16-22(13-14-24-20)15-17-7-9-19(10-8-17)23-12-4-11-21-23/h1-12,20H,13-16H2. The monoisotopic (exact) mass is 319 g/mol. The summed E-state index contributed by atoms with van der Waals surface area (Å²) in [6, 6.07) is 21.0. The average Bonchev–Trinajstić information content (AvgIpc) is 3.18. The Hall–Kier alpha value is -2.43. The molecule has 4 heteroatoms. The van der Waals surface area contributed by atoms with Crippen LogP contribution >= 0.6 is 0 Å². The molecular formula is C20H21N3O. The molecule has 1 aromatic heterocycles. The van der Waals surface area contributed by atoms with Gasteiger partial charge in [0.25, 0.3) is 0 Å². The van der Waals surface area contributed by atoms with Crippen molar-refractivity contribution in [2.24, 2.45) is 0 Å². The first-order valence-corrected chi connectivity index (χ1v) is 8.36. The molecule has 0 spiro atoms. The molecule has 0 radical (unpaired) electrons. The zero-order valence-electron chi connectivity index (χ0n) is 13.6. The first-order valence-electron chi connectivity index (χ1n) is 8.36. The van der Waals surface area contributed by atoms with Crippen molar-refractivity contribution in [1.29, 1.82) is 0 Å². The lowest BCUT2D eigenvalue weighted by atomic mass is 10.1. The zero-order chi connectivity index (χ0) is 16.2. The van der Waals surface area contributed by atoms with Crippen molar-refractivity contribution in [2.75, 3.05) is 19.7 Å². The van der Waals surface area contributed by atoms with Crippen molar-refractivity contribution < 1.29 is 4.74 Å². The van der Waals surface area contributed by atoms with Crippen LogP contribution in [0.2, 0.25) is 0 Å². The number of ether oxygens (including phenoxy) is 1. The van der Waals surface area contributed by atoms with Gasteiger partial charge in [-0.3, -0.25) is 4.90 Å². The van der Waals surface area contributed by atoms with Crippen LogP contribution in [0.15, 0.2) is 73.1 Å². The molecule has 1 atom stereocenters. The number of nitrogens with zero attached hydrogens (tertiary/aromatic N) is 3. The molecule has 24 heavy (non-hydrogen) atoms. The second kappa shape index (κ2) is 6.99. The Bertz CT molecular complexity index is 753. The molecule has 4 rings (SSSR count). The van der Waals surface area contributed by atoms with Gasteiger partial charge in [-0.1, -0.05) is 42.5 Å². The van der Waals surface area contributed by atoms with E-state index in [0.717, 1.165) is 31.9 Å². The van der Waals surface area contributed by atoms with E-state index in [0.29, 0.717) is 0 Å². The molecule has 0 aliphatic carbocycles. The third kappa shape index (κ3) is 3.40. The van der Waals surface area contributed by atoms with Crippen molar-refractivity contribution in [3.8, 4) is 5.69 Å².